The Morgan fingerprint density at radius 2 is 0.582 bits per heavy atom. The van der Waals surface area contributed by atoms with Crippen molar-refractivity contribution >= 4 is 11.9 Å². The largest absolute Gasteiger partial charge is 0.466 e. The monoisotopic (exact) mass is 1110 g/mol. The van der Waals surface area contributed by atoms with E-state index < -0.39 is 12.1 Å². The number of hydrogen-bond donors (Lipinski definition) is 3. The van der Waals surface area contributed by atoms with Crippen LogP contribution in [0.5, 0.6) is 0 Å². The molecule has 470 valence electrons. The van der Waals surface area contributed by atoms with Crippen molar-refractivity contribution in [1.29, 1.82) is 0 Å². The number of rotatable bonds is 69. The minimum atomic E-state index is -0.839. The molecule has 0 saturated carbocycles. The summed E-state index contributed by atoms with van der Waals surface area (Å²) in [6.45, 7) is 4.94. The molecule has 1 amide bonds. The Morgan fingerprint density at radius 3 is 0.861 bits per heavy atom. The van der Waals surface area contributed by atoms with E-state index in [1.165, 1.54) is 353 Å². The van der Waals surface area contributed by atoms with Crippen LogP contribution in [0, 0.1) is 0 Å². The minimum Gasteiger partial charge on any atom is -0.466 e. The highest BCUT2D eigenvalue weighted by Gasteiger charge is 2.18. The average Bonchev–Trinajstić information content (AvgIpc) is 3.45. The number of aliphatic hydroxyl groups excluding tert-OH is 2. The van der Waals surface area contributed by atoms with Crippen LogP contribution < -0.4 is 5.32 Å². The standard InChI is InChI=1S/C73H143NO5/c1-3-5-7-9-11-13-15-17-18-19-33-37-40-43-47-51-55-59-63-67-73(78)79-68-64-60-56-52-48-44-41-38-35-32-30-28-26-24-22-20-21-23-25-27-29-31-34-36-39-42-46-50-54-58-62-66-72(77)74-70(69-75)71(76)65-61-57-53-49-45-16-14-12-10-8-6-4-2/h61,65,70-71,75-76H,3-60,62-64,66-69H2,1-2H3,(H,74,77)/b65-61+. The zero-order chi connectivity index (χ0) is 57.1. The summed E-state index contributed by atoms with van der Waals surface area (Å²) in [6, 6.07) is -0.623. The predicted octanol–water partition coefficient (Wildman–Crippen LogP) is 23.5. The fraction of sp³-hybridized carbons (Fsp3) is 0.945. The van der Waals surface area contributed by atoms with E-state index in [-0.39, 0.29) is 18.5 Å². The number of carbonyl (C=O) groups excluding carboxylic acids is 2. The number of amides is 1. The zero-order valence-corrected chi connectivity index (χ0v) is 53.9. The molecule has 79 heavy (non-hydrogen) atoms. The van der Waals surface area contributed by atoms with Gasteiger partial charge in [0.15, 0.2) is 0 Å². The van der Waals surface area contributed by atoms with Crippen molar-refractivity contribution in [1.82, 2.24) is 5.32 Å². The summed E-state index contributed by atoms with van der Waals surface area (Å²) in [4.78, 5) is 24.6. The third-order valence-electron chi connectivity index (χ3n) is 17.3. The van der Waals surface area contributed by atoms with Gasteiger partial charge in [-0.1, -0.05) is 386 Å². The fourth-order valence-electron chi connectivity index (χ4n) is 11.8. The predicted molar refractivity (Wildman–Crippen MR) is 347 cm³/mol. The number of aliphatic hydroxyl groups is 2. The first-order valence-corrected chi connectivity index (χ1v) is 36.5. The van der Waals surface area contributed by atoms with Crippen molar-refractivity contribution in [2.24, 2.45) is 0 Å². The van der Waals surface area contributed by atoms with Crippen LogP contribution in [-0.4, -0.2) is 47.4 Å². The molecule has 2 unspecified atom stereocenters. The van der Waals surface area contributed by atoms with Crippen molar-refractivity contribution < 1.29 is 24.5 Å². The van der Waals surface area contributed by atoms with E-state index >= 15 is 0 Å². The first-order valence-electron chi connectivity index (χ1n) is 36.5. The Bertz CT molecular complexity index is 1190. The lowest BCUT2D eigenvalue weighted by atomic mass is 10.0. The lowest BCUT2D eigenvalue weighted by molar-refractivity contribution is -0.143. The molecule has 0 aliphatic heterocycles. The maximum Gasteiger partial charge on any atom is 0.305 e. The van der Waals surface area contributed by atoms with Crippen LogP contribution in [0.2, 0.25) is 0 Å². The van der Waals surface area contributed by atoms with Gasteiger partial charge in [-0.25, -0.2) is 0 Å². The van der Waals surface area contributed by atoms with Gasteiger partial charge in [-0.15, -0.1) is 0 Å². The number of hydrogen-bond acceptors (Lipinski definition) is 5. The summed E-state index contributed by atoms with van der Waals surface area (Å²) >= 11 is 0. The van der Waals surface area contributed by atoms with E-state index in [1.807, 2.05) is 6.08 Å². The summed E-state index contributed by atoms with van der Waals surface area (Å²) in [6.07, 6.45) is 86.0. The van der Waals surface area contributed by atoms with Crippen LogP contribution in [0.4, 0.5) is 0 Å². The Morgan fingerprint density at radius 1 is 0.342 bits per heavy atom. The third kappa shape index (κ3) is 65.6. The molecule has 0 radical (unpaired) electrons. The van der Waals surface area contributed by atoms with Gasteiger partial charge in [0.25, 0.3) is 0 Å². The van der Waals surface area contributed by atoms with E-state index in [0.29, 0.717) is 19.4 Å². The number of carbonyl (C=O) groups is 2. The Labute approximate surface area is 495 Å². The molecule has 0 aliphatic carbocycles. The van der Waals surface area contributed by atoms with Crippen LogP contribution in [0.3, 0.4) is 0 Å². The highest BCUT2D eigenvalue weighted by Crippen LogP contribution is 2.20. The molecule has 0 aromatic heterocycles. The zero-order valence-electron chi connectivity index (χ0n) is 53.9. The van der Waals surface area contributed by atoms with Gasteiger partial charge in [0.1, 0.15) is 0 Å². The number of esters is 1. The second-order valence-corrected chi connectivity index (χ2v) is 25.3. The molecule has 0 aromatic rings. The van der Waals surface area contributed by atoms with E-state index in [4.69, 9.17) is 4.74 Å². The Hall–Kier alpha value is -1.40. The van der Waals surface area contributed by atoms with Crippen molar-refractivity contribution in [3.05, 3.63) is 12.2 Å². The molecule has 6 heteroatoms. The molecular formula is C73H143NO5. The van der Waals surface area contributed by atoms with E-state index in [0.717, 1.165) is 38.5 Å². The number of unbranched alkanes of at least 4 members (excludes halogenated alkanes) is 58. The Balaban J connectivity index is 3.29. The highest BCUT2D eigenvalue weighted by atomic mass is 16.5. The second-order valence-electron chi connectivity index (χ2n) is 25.3. The third-order valence-corrected chi connectivity index (χ3v) is 17.3. The summed E-state index contributed by atoms with van der Waals surface area (Å²) < 4.78 is 5.52. The Kier molecular flexibility index (Phi) is 67.9. The summed E-state index contributed by atoms with van der Waals surface area (Å²) in [7, 11) is 0. The van der Waals surface area contributed by atoms with Gasteiger partial charge in [0, 0.05) is 12.8 Å². The van der Waals surface area contributed by atoms with Gasteiger partial charge in [0.05, 0.1) is 25.4 Å². The lowest BCUT2D eigenvalue weighted by Gasteiger charge is -2.20. The van der Waals surface area contributed by atoms with E-state index in [9.17, 15) is 19.8 Å². The van der Waals surface area contributed by atoms with Crippen LogP contribution in [0.1, 0.15) is 418 Å². The van der Waals surface area contributed by atoms with Crippen LogP contribution in [-0.2, 0) is 14.3 Å². The summed E-state index contributed by atoms with van der Waals surface area (Å²) in [5.41, 5.74) is 0. The van der Waals surface area contributed by atoms with E-state index in [1.54, 1.807) is 6.08 Å². The van der Waals surface area contributed by atoms with E-state index in [2.05, 4.69) is 19.2 Å². The van der Waals surface area contributed by atoms with Gasteiger partial charge >= 0.3 is 5.97 Å². The van der Waals surface area contributed by atoms with Gasteiger partial charge in [-0.2, -0.15) is 0 Å². The van der Waals surface area contributed by atoms with Crippen LogP contribution >= 0.6 is 0 Å². The lowest BCUT2D eigenvalue weighted by Crippen LogP contribution is -2.45. The molecule has 0 aromatic carbocycles. The maximum atomic E-state index is 12.5. The molecule has 0 heterocycles. The van der Waals surface area contributed by atoms with Gasteiger partial charge in [-0.3, -0.25) is 9.59 Å². The van der Waals surface area contributed by atoms with Crippen molar-refractivity contribution in [3.63, 3.8) is 0 Å². The number of allylic oxidation sites excluding steroid dienone is 1. The molecule has 0 saturated heterocycles. The smallest absolute Gasteiger partial charge is 0.305 e. The first kappa shape index (κ1) is 77.6. The molecule has 0 fully saturated rings. The van der Waals surface area contributed by atoms with Crippen molar-refractivity contribution in [3.8, 4) is 0 Å². The number of nitrogens with one attached hydrogen (secondary N) is 1. The van der Waals surface area contributed by atoms with Gasteiger partial charge in [-0.05, 0) is 32.1 Å². The summed E-state index contributed by atoms with van der Waals surface area (Å²) in [5, 5.41) is 23.1. The molecular weight excluding hydrogens is 971 g/mol. The second kappa shape index (κ2) is 69.1. The molecule has 0 aliphatic rings. The van der Waals surface area contributed by atoms with Crippen LogP contribution in [0.25, 0.3) is 0 Å². The summed E-state index contributed by atoms with van der Waals surface area (Å²) in [5.74, 6) is -0.0360. The molecule has 0 spiro atoms. The average molecular weight is 1110 g/mol. The van der Waals surface area contributed by atoms with Gasteiger partial charge < -0.3 is 20.3 Å². The van der Waals surface area contributed by atoms with Crippen LogP contribution in [0.15, 0.2) is 12.2 Å². The molecule has 2 atom stereocenters. The molecule has 0 rings (SSSR count). The number of ether oxygens (including phenoxy) is 1. The molecule has 3 N–H and O–H groups in total. The quantitative estimate of drug-likeness (QED) is 0.0320. The SMILES string of the molecule is CCCCCCCCCCCC/C=C/C(O)C(CO)NC(=O)CCCCCCCCCCCCCCCCCCCCCCCCCCCCCCCCCOC(=O)CCCCCCCCCCCCCCCCCCCCC. The molecule has 0 bridgehead atoms. The first-order chi connectivity index (χ1) is 39.0. The van der Waals surface area contributed by atoms with Gasteiger partial charge in [0.2, 0.25) is 5.91 Å². The molecule has 6 nitrogen and oxygen atoms in total. The van der Waals surface area contributed by atoms with Crippen molar-refractivity contribution in [2.45, 2.75) is 431 Å². The normalized spacial score (nSPS) is 12.5. The minimum absolute atomic E-state index is 0.0261. The topological polar surface area (TPSA) is 95.9 Å². The fourth-order valence-corrected chi connectivity index (χ4v) is 11.8. The highest BCUT2D eigenvalue weighted by molar-refractivity contribution is 5.76. The maximum absolute atomic E-state index is 12.5. The van der Waals surface area contributed by atoms with Crippen molar-refractivity contribution in [2.75, 3.05) is 13.2 Å².